The molecule has 5 nitrogen and oxygen atoms in total. The first kappa shape index (κ1) is 14.5. The van der Waals surface area contributed by atoms with Gasteiger partial charge in [0.25, 0.3) is 5.91 Å². The van der Waals surface area contributed by atoms with Gasteiger partial charge < -0.3 is 10.2 Å². The minimum absolute atomic E-state index is 0.00121. The fraction of sp³-hybridized carbons (Fsp3) is 0.353. The van der Waals surface area contributed by atoms with Gasteiger partial charge in [0.2, 0.25) is 5.95 Å². The predicted molar refractivity (Wildman–Crippen MR) is 86.2 cm³/mol. The topological polar surface area (TPSA) is 58.1 Å². The molecule has 1 amide bonds. The second-order valence-corrected chi connectivity index (χ2v) is 5.56. The zero-order valence-electron chi connectivity index (χ0n) is 12.7. The molecule has 1 N–H and O–H groups in total. The maximum Gasteiger partial charge on any atom is 0.272 e. The third-order valence-corrected chi connectivity index (χ3v) is 3.75. The molecule has 0 unspecified atom stereocenters. The van der Waals surface area contributed by atoms with E-state index in [0.29, 0.717) is 11.6 Å². The number of anilines is 2. The summed E-state index contributed by atoms with van der Waals surface area (Å²) in [5.74, 6) is 0.466. The first-order valence-corrected chi connectivity index (χ1v) is 7.69. The zero-order chi connectivity index (χ0) is 15.4. The molecular weight excluding hydrogens is 276 g/mol. The first-order valence-electron chi connectivity index (χ1n) is 7.69. The monoisotopic (exact) mass is 296 g/mol. The van der Waals surface area contributed by atoms with E-state index >= 15 is 0 Å². The molecule has 0 spiro atoms. The number of aromatic nitrogens is 2. The summed E-state index contributed by atoms with van der Waals surface area (Å²) in [5.41, 5.74) is 2.16. The van der Waals surface area contributed by atoms with Gasteiger partial charge in [-0.05, 0) is 44.4 Å². The van der Waals surface area contributed by atoms with Gasteiger partial charge in [-0.1, -0.05) is 18.2 Å². The van der Waals surface area contributed by atoms with Crippen molar-refractivity contribution >= 4 is 17.5 Å². The van der Waals surface area contributed by atoms with Crippen LogP contribution in [0.15, 0.2) is 36.4 Å². The van der Waals surface area contributed by atoms with Crippen LogP contribution in [0.25, 0.3) is 0 Å². The van der Waals surface area contributed by atoms with Gasteiger partial charge in [0.15, 0.2) is 0 Å². The molecule has 22 heavy (non-hydrogen) atoms. The minimum atomic E-state index is 0.00121. The normalized spacial score (nSPS) is 14.7. The van der Waals surface area contributed by atoms with Crippen LogP contribution in [-0.4, -0.2) is 33.9 Å². The lowest BCUT2D eigenvalue weighted by atomic mass is 10.1. The van der Waals surface area contributed by atoms with E-state index in [9.17, 15) is 4.79 Å². The molecule has 1 fully saturated rings. The lowest BCUT2D eigenvalue weighted by molar-refractivity contribution is 0.0718. The van der Waals surface area contributed by atoms with Gasteiger partial charge in [-0.2, -0.15) is 0 Å². The van der Waals surface area contributed by atoms with Gasteiger partial charge in [0.05, 0.1) is 0 Å². The number of benzene rings is 1. The number of carbonyl (C=O) groups excluding carboxylic acids is 1. The van der Waals surface area contributed by atoms with Gasteiger partial charge in [0.1, 0.15) is 5.69 Å². The quantitative estimate of drug-likeness (QED) is 0.945. The Morgan fingerprint density at radius 2 is 1.82 bits per heavy atom. The number of nitrogens with one attached hydrogen (secondary N) is 1. The molecule has 1 saturated heterocycles. The summed E-state index contributed by atoms with van der Waals surface area (Å²) in [6, 6.07) is 11.5. The third kappa shape index (κ3) is 3.42. The number of hydrogen-bond donors (Lipinski definition) is 1. The number of nitrogens with zero attached hydrogens (tertiary/aromatic N) is 3. The van der Waals surface area contributed by atoms with Crippen molar-refractivity contribution in [3.63, 3.8) is 0 Å². The summed E-state index contributed by atoms with van der Waals surface area (Å²) in [5, 5.41) is 3.15. The predicted octanol–water partition coefficient (Wildman–Crippen LogP) is 3.15. The van der Waals surface area contributed by atoms with Gasteiger partial charge in [-0.25, -0.2) is 9.97 Å². The van der Waals surface area contributed by atoms with E-state index in [4.69, 9.17) is 0 Å². The van der Waals surface area contributed by atoms with Crippen LogP contribution in [0.2, 0.25) is 0 Å². The highest BCUT2D eigenvalue weighted by Gasteiger charge is 2.20. The summed E-state index contributed by atoms with van der Waals surface area (Å²) < 4.78 is 0. The van der Waals surface area contributed by atoms with E-state index in [-0.39, 0.29) is 5.91 Å². The van der Waals surface area contributed by atoms with E-state index in [1.807, 2.05) is 42.2 Å². The summed E-state index contributed by atoms with van der Waals surface area (Å²) in [6.07, 6.45) is 3.35. The zero-order valence-corrected chi connectivity index (χ0v) is 12.7. The van der Waals surface area contributed by atoms with Crippen LogP contribution in [-0.2, 0) is 0 Å². The van der Waals surface area contributed by atoms with Crippen LogP contribution in [0, 0.1) is 6.92 Å². The Labute approximate surface area is 130 Å². The highest BCUT2D eigenvalue weighted by Crippen LogP contribution is 2.16. The van der Waals surface area contributed by atoms with Crippen LogP contribution < -0.4 is 5.32 Å². The fourth-order valence-corrected chi connectivity index (χ4v) is 2.64. The van der Waals surface area contributed by atoms with Crippen LogP contribution in [0.3, 0.4) is 0 Å². The molecule has 2 aromatic rings. The molecule has 1 aliphatic rings. The number of amides is 1. The highest BCUT2D eigenvalue weighted by atomic mass is 16.2. The number of hydrogen-bond acceptors (Lipinski definition) is 4. The number of piperidine rings is 1. The van der Waals surface area contributed by atoms with Crippen molar-refractivity contribution in [2.75, 3.05) is 18.4 Å². The Hall–Kier alpha value is -2.43. The van der Waals surface area contributed by atoms with Gasteiger partial charge >= 0.3 is 0 Å². The molecule has 5 heteroatoms. The van der Waals surface area contributed by atoms with Crippen molar-refractivity contribution in [3.05, 3.63) is 47.8 Å². The maximum absolute atomic E-state index is 12.6. The summed E-state index contributed by atoms with van der Waals surface area (Å²) in [6.45, 7) is 3.53. The molecule has 1 aromatic heterocycles. The number of likely N-dealkylation sites (tertiary alicyclic amines) is 1. The van der Waals surface area contributed by atoms with E-state index in [2.05, 4.69) is 15.3 Å². The molecule has 0 aliphatic carbocycles. The summed E-state index contributed by atoms with van der Waals surface area (Å²) >= 11 is 0. The van der Waals surface area contributed by atoms with Crippen molar-refractivity contribution in [1.82, 2.24) is 14.9 Å². The standard InChI is InChI=1S/C17H20N4O/c1-13-12-15(16(22)21-10-6-3-7-11-21)20-17(18-13)19-14-8-4-2-5-9-14/h2,4-5,8-9,12H,3,6-7,10-11H2,1H3,(H,18,19,20). The molecule has 1 aromatic carbocycles. The largest absolute Gasteiger partial charge is 0.337 e. The summed E-state index contributed by atoms with van der Waals surface area (Å²) in [7, 11) is 0. The van der Waals surface area contributed by atoms with Crippen molar-refractivity contribution in [2.24, 2.45) is 0 Å². The average molecular weight is 296 g/mol. The molecule has 114 valence electrons. The van der Waals surface area contributed by atoms with Crippen LogP contribution >= 0.6 is 0 Å². The Morgan fingerprint density at radius 3 is 2.55 bits per heavy atom. The number of para-hydroxylation sites is 1. The first-order chi connectivity index (χ1) is 10.7. The van der Waals surface area contributed by atoms with Crippen LogP contribution in [0.5, 0.6) is 0 Å². The van der Waals surface area contributed by atoms with Crippen LogP contribution in [0.1, 0.15) is 35.4 Å². The molecule has 0 radical (unpaired) electrons. The Bertz CT molecular complexity index is 651. The smallest absolute Gasteiger partial charge is 0.272 e. The van der Waals surface area contributed by atoms with Crippen molar-refractivity contribution in [3.8, 4) is 0 Å². The number of rotatable bonds is 3. The molecule has 1 aliphatic heterocycles. The van der Waals surface area contributed by atoms with E-state index < -0.39 is 0 Å². The van der Waals surface area contributed by atoms with Crippen molar-refractivity contribution < 1.29 is 4.79 Å². The van der Waals surface area contributed by atoms with Gasteiger partial charge in [-0.15, -0.1) is 0 Å². The highest BCUT2D eigenvalue weighted by molar-refractivity contribution is 5.92. The lowest BCUT2D eigenvalue weighted by Crippen LogP contribution is -2.36. The van der Waals surface area contributed by atoms with E-state index in [0.717, 1.165) is 37.3 Å². The van der Waals surface area contributed by atoms with Crippen LogP contribution in [0.4, 0.5) is 11.6 Å². The third-order valence-electron chi connectivity index (χ3n) is 3.75. The van der Waals surface area contributed by atoms with Crippen molar-refractivity contribution in [2.45, 2.75) is 26.2 Å². The Morgan fingerprint density at radius 1 is 1.09 bits per heavy atom. The van der Waals surface area contributed by atoms with Gasteiger partial charge in [0, 0.05) is 24.5 Å². The number of carbonyl (C=O) groups is 1. The lowest BCUT2D eigenvalue weighted by Gasteiger charge is -2.26. The molecule has 3 rings (SSSR count). The summed E-state index contributed by atoms with van der Waals surface area (Å²) in [4.78, 5) is 23.2. The molecule has 2 heterocycles. The fourth-order valence-electron chi connectivity index (χ4n) is 2.64. The molecule has 0 atom stereocenters. The molecule has 0 bridgehead atoms. The maximum atomic E-state index is 12.6. The van der Waals surface area contributed by atoms with E-state index in [1.165, 1.54) is 6.42 Å². The van der Waals surface area contributed by atoms with Gasteiger partial charge in [-0.3, -0.25) is 4.79 Å². The molecule has 0 saturated carbocycles. The SMILES string of the molecule is Cc1cc(C(=O)N2CCCCC2)nc(Nc2ccccc2)n1. The second kappa shape index (κ2) is 6.56. The Kier molecular flexibility index (Phi) is 4.32. The van der Waals surface area contributed by atoms with Crippen molar-refractivity contribution in [1.29, 1.82) is 0 Å². The Balaban J connectivity index is 1.81. The average Bonchev–Trinajstić information content (AvgIpc) is 2.55. The van der Waals surface area contributed by atoms with E-state index in [1.54, 1.807) is 6.07 Å². The second-order valence-electron chi connectivity index (χ2n) is 5.56. The minimum Gasteiger partial charge on any atom is -0.337 e. The number of aryl methyl sites for hydroxylation is 1. The molecular formula is C17H20N4O.